The summed E-state index contributed by atoms with van der Waals surface area (Å²) in [6.45, 7) is 0. The van der Waals surface area contributed by atoms with E-state index < -0.39 is 13.1 Å². The number of nitrogens with zero attached hydrogens (tertiary/aromatic N) is 1. The first-order valence-electron chi connectivity index (χ1n) is 6.47. The van der Waals surface area contributed by atoms with Gasteiger partial charge >= 0.3 is 13.1 Å². The second kappa shape index (κ2) is 5.42. The summed E-state index contributed by atoms with van der Waals surface area (Å²) in [4.78, 5) is 15.3. The van der Waals surface area contributed by atoms with Crippen molar-refractivity contribution in [2.45, 2.75) is 6.42 Å². The summed E-state index contributed by atoms with van der Waals surface area (Å²) in [5.41, 5.74) is 2.02. The summed E-state index contributed by atoms with van der Waals surface area (Å²) >= 11 is 0. The third-order valence-electron chi connectivity index (χ3n) is 3.23. The van der Waals surface area contributed by atoms with Crippen LogP contribution < -0.4 is 5.46 Å². The van der Waals surface area contributed by atoms with Crippen LogP contribution >= 0.6 is 0 Å². The minimum atomic E-state index is -1.20. The molecule has 0 spiro atoms. The molecule has 1 aliphatic rings. The molecule has 5 nitrogen and oxygen atoms in total. The zero-order chi connectivity index (χ0) is 14.8. The van der Waals surface area contributed by atoms with Crippen molar-refractivity contribution in [3.05, 3.63) is 59.7 Å². The first-order valence-corrected chi connectivity index (χ1v) is 6.47. The van der Waals surface area contributed by atoms with Gasteiger partial charge in [0.15, 0.2) is 5.90 Å². The van der Waals surface area contributed by atoms with Gasteiger partial charge in [-0.25, -0.2) is 9.79 Å². The molecule has 2 aromatic rings. The zero-order valence-corrected chi connectivity index (χ0v) is 11.1. The third-order valence-corrected chi connectivity index (χ3v) is 3.23. The Morgan fingerprint density at radius 3 is 2.67 bits per heavy atom. The Kier molecular flexibility index (Phi) is 3.45. The minimum Gasteiger partial charge on any atom is -0.521 e. The summed E-state index contributed by atoms with van der Waals surface area (Å²) in [5, 5.41) is 19.0. The summed E-state index contributed by atoms with van der Waals surface area (Å²) in [7, 11) is -1.20. The number of aromatic carboxylic acids is 1. The van der Waals surface area contributed by atoms with Crippen molar-refractivity contribution in [1.29, 1.82) is 0 Å². The van der Waals surface area contributed by atoms with Crippen molar-refractivity contribution in [1.82, 2.24) is 0 Å². The van der Waals surface area contributed by atoms with E-state index in [1.165, 1.54) is 12.1 Å². The highest BCUT2D eigenvalue weighted by Gasteiger charge is 2.29. The van der Waals surface area contributed by atoms with Crippen molar-refractivity contribution in [2.75, 3.05) is 0 Å². The van der Waals surface area contributed by atoms with Gasteiger partial charge in [-0.05, 0) is 23.8 Å². The lowest BCUT2D eigenvalue weighted by molar-refractivity contribution is 0.0697. The predicted octanol–water partition coefficient (Wildman–Crippen LogP) is 1.38. The molecule has 0 aliphatic carbocycles. The lowest BCUT2D eigenvalue weighted by atomic mass is 9.76. The molecule has 2 N–H and O–H groups in total. The van der Waals surface area contributed by atoms with Gasteiger partial charge in [-0.3, -0.25) is 0 Å². The van der Waals surface area contributed by atoms with Gasteiger partial charge in [-0.2, -0.15) is 0 Å². The van der Waals surface area contributed by atoms with Crippen LogP contribution in [0.2, 0.25) is 0 Å². The van der Waals surface area contributed by atoms with Crippen LogP contribution in [0.5, 0.6) is 0 Å². The highest BCUT2D eigenvalue weighted by Crippen LogP contribution is 2.18. The Labute approximate surface area is 121 Å². The molecule has 0 amide bonds. The molecule has 0 aromatic heterocycles. The molecule has 21 heavy (non-hydrogen) atoms. The fourth-order valence-electron chi connectivity index (χ4n) is 2.19. The SMILES string of the molecule is O=C(O)c1ccc2c(c1)B(O)OC(Cc1ccccc1)=N2. The van der Waals surface area contributed by atoms with Gasteiger partial charge in [0.25, 0.3) is 0 Å². The van der Waals surface area contributed by atoms with Crippen molar-refractivity contribution in [3.63, 3.8) is 0 Å². The lowest BCUT2D eigenvalue weighted by Gasteiger charge is -2.19. The van der Waals surface area contributed by atoms with Gasteiger partial charge in [-0.1, -0.05) is 30.3 Å². The molecule has 104 valence electrons. The van der Waals surface area contributed by atoms with Gasteiger partial charge < -0.3 is 14.8 Å². The quantitative estimate of drug-likeness (QED) is 0.833. The summed E-state index contributed by atoms with van der Waals surface area (Å²) in [6.07, 6.45) is 0.470. The predicted molar refractivity (Wildman–Crippen MR) is 79.3 cm³/mol. The van der Waals surface area contributed by atoms with Crippen LogP contribution in [0.25, 0.3) is 0 Å². The molecule has 0 fully saturated rings. The molecule has 0 saturated carbocycles. The average Bonchev–Trinajstić information content (AvgIpc) is 2.48. The molecule has 0 unspecified atom stereocenters. The van der Waals surface area contributed by atoms with Gasteiger partial charge in [-0.15, -0.1) is 0 Å². The Balaban J connectivity index is 1.91. The van der Waals surface area contributed by atoms with Crippen LogP contribution in [0.1, 0.15) is 15.9 Å². The molecule has 1 heterocycles. The Morgan fingerprint density at radius 1 is 1.19 bits per heavy atom. The van der Waals surface area contributed by atoms with Crippen LogP contribution in [-0.4, -0.2) is 29.1 Å². The van der Waals surface area contributed by atoms with Crippen LogP contribution in [0.3, 0.4) is 0 Å². The number of hydrogen-bond donors (Lipinski definition) is 2. The molecular weight excluding hydrogens is 269 g/mol. The molecule has 1 aliphatic heterocycles. The number of benzene rings is 2. The van der Waals surface area contributed by atoms with Crippen LogP contribution in [-0.2, 0) is 11.1 Å². The van der Waals surface area contributed by atoms with Crippen molar-refractivity contribution in [3.8, 4) is 0 Å². The summed E-state index contributed by atoms with van der Waals surface area (Å²) in [5.74, 6) is -0.645. The van der Waals surface area contributed by atoms with E-state index in [1.54, 1.807) is 6.07 Å². The van der Waals surface area contributed by atoms with Gasteiger partial charge in [0.05, 0.1) is 11.3 Å². The third kappa shape index (κ3) is 2.80. The Morgan fingerprint density at radius 2 is 1.95 bits per heavy atom. The van der Waals surface area contributed by atoms with Gasteiger partial charge in [0, 0.05) is 11.9 Å². The monoisotopic (exact) mass is 281 g/mol. The number of carbonyl (C=O) groups is 1. The highest BCUT2D eigenvalue weighted by atomic mass is 16.5. The molecule has 3 rings (SSSR count). The van der Waals surface area contributed by atoms with Crippen LogP contribution in [0, 0.1) is 0 Å². The molecule has 0 bridgehead atoms. The molecular formula is C15H12BNO4. The number of aliphatic imine (C=N–C) groups is 1. The van der Waals surface area contributed by atoms with Gasteiger partial charge in [0.2, 0.25) is 0 Å². The Hall–Kier alpha value is -2.60. The first-order chi connectivity index (χ1) is 10.1. The molecule has 0 atom stereocenters. The van der Waals surface area contributed by atoms with E-state index >= 15 is 0 Å². The van der Waals surface area contributed by atoms with E-state index in [1.807, 2.05) is 30.3 Å². The first kappa shape index (κ1) is 13.4. The maximum Gasteiger partial charge on any atom is 0.563 e. The van der Waals surface area contributed by atoms with Gasteiger partial charge in [0.1, 0.15) is 0 Å². The smallest absolute Gasteiger partial charge is 0.521 e. The van der Waals surface area contributed by atoms with Crippen molar-refractivity contribution in [2.24, 2.45) is 4.99 Å². The average molecular weight is 281 g/mol. The largest absolute Gasteiger partial charge is 0.563 e. The van der Waals surface area contributed by atoms with E-state index in [0.717, 1.165) is 5.56 Å². The molecule has 6 heteroatoms. The standard InChI is InChI=1S/C15H12BNO4/c18-15(19)11-6-7-13-12(9-11)16(20)21-14(17-13)8-10-4-2-1-3-5-10/h1-7,9,20H,8H2,(H,18,19). The van der Waals surface area contributed by atoms with E-state index in [-0.39, 0.29) is 5.56 Å². The second-order valence-electron chi connectivity index (χ2n) is 4.72. The number of hydrogen-bond acceptors (Lipinski definition) is 4. The van der Waals surface area contributed by atoms with Crippen LogP contribution in [0.15, 0.2) is 53.5 Å². The van der Waals surface area contributed by atoms with Crippen LogP contribution in [0.4, 0.5) is 5.69 Å². The number of fused-ring (bicyclic) bond motifs is 1. The summed E-state index contributed by atoms with van der Waals surface area (Å²) < 4.78 is 5.36. The van der Waals surface area contributed by atoms with Crippen molar-refractivity contribution >= 4 is 30.1 Å². The normalized spacial score (nSPS) is 13.2. The molecule has 0 saturated heterocycles. The lowest BCUT2D eigenvalue weighted by Crippen LogP contribution is -2.40. The minimum absolute atomic E-state index is 0.0955. The summed E-state index contributed by atoms with van der Waals surface area (Å²) in [6, 6.07) is 14.1. The molecule has 0 radical (unpaired) electrons. The molecule has 2 aromatic carbocycles. The van der Waals surface area contributed by atoms with E-state index in [9.17, 15) is 9.82 Å². The number of carboxylic acids is 1. The van der Waals surface area contributed by atoms with Crippen molar-refractivity contribution < 1.29 is 19.6 Å². The second-order valence-corrected chi connectivity index (χ2v) is 4.72. The zero-order valence-electron chi connectivity index (χ0n) is 11.1. The highest BCUT2D eigenvalue weighted by molar-refractivity contribution is 6.64. The van der Waals surface area contributed by atoms with E-state index in [2.05, 4.69) is 4.99 Å². The Bertz CT molecular complexity index is 715. The maximum absolute atomic E-state index is 10.9. The number of rotatable bonds is 3. The van der Waals surface area contributed by atoms with E-state index in [4.69, 9.17) is 9.76 Å². The fraction of sp³-hybridized carbons (Fsp3) is 0.0667. The van der Waals surface area contributed by atoms with E-state index in [0.29, 0.717) is 23.5 Å². The fourth-order valence-corrected chi connectivity index (χ4v) is 2.19. The maximum atomic E-state index is 10.9. The topological polar surface area (TPSA) is 79.1 Å². The number of carboxylic acid groups (broad SMARTS) is 1.